The molecule has 0 radical (unpaired) electrons. The average Bonchev–Trinajstić information content (AvgIpc) is 2.77. The maximum Gasteiger partial charge on any atom is 0.176 e. The molecule has 1 aromatic heterocycles. The molecule has 0 aliphatic carbocycles. The highest BCUT2D eigenvalue weighted by Crippen LogP contribution is 2.43. The lowest BCUT2D eigenvalue weighted by molar-refractivity contribution is -0.215. The first-order valence-electron chi connectivity index (χ1n) is 11.9. The van der Waals surface area contributed by atoms with Gasteiger partial charge in [-0.15, -0.1) is 0 Å². The molecule has 4 heterocycles. The Morgan fingerprint density at radius 2 is 1.85 bits per heavy atom. The van der Waals surface area contributed by atoms with Gasteiger partial charge in [-0.3, -0.25) is 4.99 Å². The summed E-state index contributed by atoms with van der Waals surface area (Å²) in [5, 5.41) is 3.98. The summed E-state index contributed by atoms with van der Waals surface area (Å²) < 4.78 is 11.5. The van der Waals surface area contributed by atoms with Crippen LogP contribution in [0.1, 0.15) is 25.0 Å². The van der Waals surface area contributed by atoms with E-state index in [1.165, 1.54) is 5.69 Å². The minimum Gasteiger partial charge on any atom is -0.370 e. The van der Waals surface area contributed by atoms with Gasteiger partial charge < -0.3 is 25.1 Å². The van der Waals surface area contributed by atoms with Gasteiger partial charge in [0.05, 0.1) is 19.8 Å². The molecule has 0 atom stereocenters. The number of aliphatic imine (C=N–C) groups is 1. The van der Waals surface area contributed by atoms with Crippen molar-refractivity contribution in [2.75, 3.05) is 55.7 Å². The summed E-state index contributed by atoms with van der Waals surface area (Å²) in [7, 11) is 0. The molecule has 180 valence electrons. The van der Waals surface area contributed by atoms with E-state index in [0.717, 1.165) is 43.1 Å². The highest BCUT2D eigenvalue weighted by Gasteiger charge is 2.52. The van der Waals surface area contributed by atoms with Crippen molar-refractivity contribution in [2.24, 2.45) is 26.8 Å². The predicted octanol–water partition coefficient (Wildman–Crippen LogP) is 2.85. The van der Waals surface area contributed by atoms with Gasteiger partial charge in [0.1, 0.15) is 11.5 Å². The lowest BCUT2D eigenvalue weighted by atomic mass is 9.72. The second-order valence-electron chi connectivity index (χ2n) is 10.6. The lowest BCUT2D eigenvalue weighted by Gasteiger charge is -2.61. The standard InChI is InChI=1S/C26H34N6O2/c1-19-10-20(31-13-26(14-31)15-32(16-26)23-6-4-5-9-29-23)7-8-21(19)22(30-27)11-28-12-24-33-17-25(2,3)18-34-24/h4-11,24H,12-18,27H2,1-3H3/b28-11?,30-22+. The molecule has 5 rings (SSSR count). The number of ether oxygens (including phenoxy) is 2. The minimum absolute atomic E-state index is 0.0518. The van der Waals surface area contributed by atoms with E-state index in [-0.39, 0.29) is 11.7 Å². The SMILES string of the molecule is Cc1cc(N2CC3(C2)CN(c2ccccn2)C3)ccc1/C(C=NCC1OCC(C)(C)CO1)=N/N. The zero-order valence-corrected chi connectivity index (χ0v) is 20.3. The molecular formula is C26H34N6O2. The first-order valence-corrected chi connectivity index (χ1v) is 11.9. The third-order valence-electron chi connectivity index (χ3n) is 6.86. The van der Waals surface area contributed by atoms with Crippen LogP contribution in [0.4, 0.5) is 11.5 Å². The van der Waals surface area contributed by atoms with Gasteiger partial charge in [0.2, 0.25) is 0 Å². The zero-order valence-electron chi connectivity index (χ0n) is 20.3. The fourth-order valence-corrected chi connectivity index (χ4v) is 4.97. The van der Waals surface area contributed by atoms with Crippen LogP contribution in [0.3, 0.4) is 0 Å². The summed E-state index contributed by atoms with van der Waals surface area (Å²) in [6.45, 7) is 12.4. The number of hydrogen-bond acceptors (Lipinski definition) is 8. The van der Waals surface area contributed by atoms with E-state index in [0.29, 0.717) is 30.9 Å². The molecule has 2 aromatic rings. The smallest absolute Gasteiger partial charge is 0.176 e. The number of rotatable bonds is 6. The Morgan fingerprint density at radius 1 is 1.12 bits per heavy atom. The Hall–Kier alpha value is -2.97. The van der Waals surface area contributed by atoms with E-state index in [9.17, 15) is 0 Å². The molecule has 8 heteroatoms. The molecular weight excluding hydrogens is 428 g/mol. The number of anilines is 2. The molecule has 3 aliphatic heterocycles. The number of aromatic nitrogens is 1. The van der Waals surface area contributed by atoms with Crippen LogP contribution in [0, 0.1) is 17.8 Å². The van der Waals surface area contributed by atoms with Crippen molar-refractivity contribution >= 4 is 23.4 Å². The first-order chi connectivity index (χ1) is 16.4. The van der Waals surface area contributed by atoms with Crippen molar-refractivity contribution in [1.29, 1.82) is 0 Å². The number of aryl methyl sites for hydroxylation is 1. The summed E-state index contributed by atoms with van der Waals surface area (Å²) in [6, 6.07) is 12.5. The van der Waals surface area contributed by atoms with Crippen molar-refractivity contribution in [3.05, 3.63) is 53.7 Å². The van der Waals surface area contributed by atoms with E-state index in [4.69, 9.17) is 15.3 Å². The van der Waals surface area contributed by atoms with Gasteiger partial charge in [0.15, 0.2) is 6.29 Å². The minimum atomic E-state index is -0.314. The summed E-state index contributed by atoms with van der Waals surface area (Å²) >= 11 is 0. The van der Waals surface area contributed by atoms with Gasteiger partial charge in [-0.1, -0.05) is 26.0 Å². The van der Waals surface area contributed by atoms with Gasteiger partial charge in [-0.25, -0.2) is 4.98 Å². The quantitative estimate of drug-likeness (QED) is 0.403. The zero-order chi connectivity index (χ0) is 23.8. The second kappa shape index (κ2) is 9.00. The van der Waals surface area contributed by atoms with Crippen LogP contribution >= 0.6 is 0 Å². The highest BCUT2D eigenvalue weighted by molar-refractivity contribution is 6.38. The second-order valence-corrected chi connectivity index (χ2v) is 10.6. The Morgan fingerprint density at radius 3 is 2.50 bits per heavy atom. The molecule has 0 bridgehead atoms. The topological polar surface area (TPSA) is 88.6 Å². The molecule has 0 amide bonds. The Labute approximate surface area is 201 Å². The van der Waals surface area contributed by atoms with Crippen molar-refractivity contribution in [2.45, 2.75) is 27.1 Å². The maximum atomic E-state index is 5.74. The van der Waals surface area contributed by atoms with E-state index >= 15 is 0 Å². The molecule has 1 spiro atoms. The van der Waals surface area contributed by atoms with E-state index in [1.54, 1.807) is 6.21 Å². The molecule has 3 aliphatic rings. The van der Waals surface area contributed by atoms with Crippen molar-refractivity contribution < 1.29 is 9.47 Å². The van der Waals surface area contributed by atoms with Crippen molar-refractivity contribution in [1.82, 2.24) is 4.98 Å². The first kappa shape index (κ1) is 22.8. The van der Waals surface area contributed by atoms with Crippen LogP contribution in [-0.4, -0.2) is 69.1 Å². The number of nitrogens with zero attached hydrogens (tertiary/aromatic N) is 5. The van der Waals surface area contributed by atoms with Gasteiger partial charge >= 0.3 is 0 Å². The number of hydrogen-bond donors (Lipinski definition) is 1. The Bertz CT molecular complexity index is 1060. The maximum absolute atomic E-state index is 5.74. The molecule has 3 fully saturated rings. The summed E-state index contributed by atoms with van der Waals surface area (Å²) in [6.07, 6.45) is 3.26. The predicted molar refractivity (Wildman–Crippen MR) is 136 cm³/mol. The van der Waals surface area contributed by atoms with E-state index < -0.39 is 0 Å². The highest BCUT2D eigenvalue weighted by atomic mass is 16.7. The fraction of sp³-hybridized carbons (Fsp3) is 0.500. The molecule has 0 unspecified atom stereocenters. The fourth-order valence-electron chi connectivity index (χ4n) is 4.97. The average molecular weight is 463 g/mol. The molecule has 8 nitrogen and oxygen atoms in total. The van der Waals surface area contributed by atoms with E-state index in [2.05, 4.69) is 69.9 Å². The van der Waals surface area contributed by atoms with Gasteiger partial charge in [-0.2, -0.15) is 5.10 Å². The van der Waals surface area contributed by atoms with Crippen molar-refractivity contribution in [3.63, 3.8) is 0 Å². The number of pyridine rings is 1. The van der Waals surface area contributed by atoms with Crippen LogP contribution in [0.2, 0.25) is 0 Å². The van der Waals surface area contributed by atoms with Crippen molar-refractivity contribution in [3.8, 4) is 0 Å². The lowest BCUT2D eigenvalue weighted by Crippen LogP contribution is -2.72. The van der Waals surface area contributed by atoms with E-state index in [1.807, 2.05) is 18.3 Å². The largest absolute Gasteiger partial charge is 0.370 e. The van der Waals surface area contributed by atoms with Crippen LogP contribution in [0.15, 0.2) is 52.7 Å². The Balaban J connectivity index is 1.15. The van der Waals surface area contributed by atoms with Crippen LogP contribution in [0.5, 0.6) is 0 Å². The van der Waals surface area contributed by atoms with Gasteiger partial charge in [-0.05, 0) is 36.8 Å². The molecule has 0 saturated carbocycles. The normalized spacial score (nSPS) is 22.1. The van der Waals surface area contributed by atoms with Crippen LogP contribution < -0.4 is 15.6 Å². The molecule has 3 saturated heterocycles. The third kappa shape index (κ3) is 4.65. The van der Waals surface area contributed by atoms with Crippen LogP contribution in [-0.2, 0) is 9.47 Å². The number of benzene rings is 1. The number of hydrazone groups is 1. The number of nitrogens with two attached hydrogens (primary N) is 1. The Kier molecular flexibility index (Phi) is 6.04. The van der Waals surface area contributed by atoms with Gasteiger partial charge in [0, 0.05) is 60.7 Å². The summed E-state index contributed by atoms with van der Waals surface area (Å²) in [4.78, 5) is 13.8. The molecule has 2 N–H and O–H groups in total. The third-order valence-corrected chi connectivity index (χ3v) is 6.86. The molecule has 34 heavy (non-hydrogen) atoms. The monoisotopic (exact) mass is 462 g/mol. The molecule has 1 aromatic carbocycles. The van der Waals surface area contributed by atoms with Gasteiger partial charge in [0.25, 0.3) is 0 Å². The summed E-state index contributed by atoms with van der Waals surface area (Å²) in [5.74, 6) is 6.78. The van der Waals surface area contributed by atoms with Crippen LogP contribution in [0.25, 0.3) is 0 Å². The summed E-state index contributed by atoms with van der Waals surface area (Å²) in [5.41, 5.74) is 4.45.